The molecule has 0 aromatic rings. The predicted molar refractivity (Wildman–Crippen MR) is 63.2 cm³/mol. The molecule has 2 heterocycles. The zero-order valence-corrected chi connectivity index (χ0v) is 10.0. The lowest BCUT2D eigenvalue weighted by molar-refractivity contribution is -0.156. The van der Waals surface area contributed by atoms with Gasteiger partial charge >= 0.3 is 5.97 Å². The van der Waals surface area contributed by atoms with Crippen LogP contribution in [0.1, 0.15) is 25.7 Å². The lowest BCUT2D eigenvalue weighted by Crippen LogP contribution is -2.51. The quantitative estimate of drug-likeness (QED) is 0.547. The summed E-state index contributed by atoms with van der Waals surface area (Å²) in [6.07, 6.45) is 8.02. The van der Waals surface area contributed by atoms with Crippen molar-refractivity contribution in [2.24, 2.45) is 0 Å². The molecule has 92 valence electrons. The van der Waals surface area contributed by atoms with E-state index in [4.69, 9.17) is 4.74 Å². The minimum Gasteiger partial charge on any atom is -0.467 e. The summed E-state index contributed by atoms with van der Waals surface area (Å²) in [6, 6.07) is 0.0615. The summed E-state index contributed by atoms with van der Waals surface area (Å²) in [5.41, 5.74) is -0.836. The van der Waals surface area contributed by atoms with Crippen molar-refractivity contribution in [3.05, 3.63) is 24.8 Å². The summed E-state index contributed by atoms with van der Waals surface area (Å²) in [7, 11) is 1.36. The van der Waals surface area contributed by atoms with Gasteiger partial charge < -0.3 is 9.64 Å². The summed E-state index contributed by atoms with van der Waals surface area (Å²) >= 11 is 0. The third-order valence-corrected chi connectivity index (χ3v) is 3.55. The number of hydrogen-bond acceptors (Lipinski definition) is 3. The van der Waals surface area contributed by atoms with Crippen LogP contribution in [-0.2, 0) is 14.3 Å². The molecule has 0 N–H and O–H groups in total. The van der Waals surface area contributed by atoms with E-state index in [1.165, 1.54) is 7.11 Å². The maximum atomic E-state index is 12.1. The first kappa shape index (κ1) is 11.9. The van der Waals surface area contributed by atoms with E-state index in [-0.39, 0.29) is 17.9 Å². The topological polar surface area (TPSA) is 46.6 Å². The SMILES string of the molecule is C=CCCC(=O)N1[C@H]2C=C[C@]1(C(=O)OC)CC2. The number of ether oxygens (including phenoxy) is 1. The Hall–Kier alpha value is -1.58. The second-order valence-electron chi connectivity index (χ2n) is 4.47. The molecule has 0 aromatic carbocycles. The molecule has 0 unspecified atom stereocenters. The minimum atomic E-state index is -0.836. The summed E-state index contributed by atoms with van der Waals surface area (Å²) in [6.45, 7) is 3.60. The molecule has 2 bridgehead atoms. The molecular formula is C13H17NO3. The highest BCUT2D eigenvalue weighted by Crippen LogP contribution is 2.42. The molecule has 2 aliphatic heterocycles. The molecule has 17 heavy (non-hydrogen) atoms. The van der Waals surface area contributed by atoms with Crippen molar-refractivity contribution >= 4 is 11.9 Å². The van der Waals surface area contributed by atoms with Crippen molar-refractivity contribution in [2.45, 2.75) is 37.3 Å². The highest BCUT2D eigenvalue weighted by atomic mass is 16.5. The number of fused-ring (bicyclic) bond motifs is 2. The second-order valence-corrected chi connectivity index (χ2v) is 4.47. The Labute approximate surface area is 101 Å². The van der Waals surface area contributed by atoms with Gasteiger partial charge in [-0.25, -0.2) is 4.79 Å². The molecule has 2 rings (SSSR count). The molecule has 0 radical (unpaired) electrons. The molecule has 1 fully saturated rings. The number of carbonyl (C=O) groups excluding carboxylic acids is 2. The van der Waals surface area contributed by atoms with Crippen LogP contribution in [-0.4, -0.2) is 35.5 Å². The van der Waals surface area contributed by atoms with Gasteiger partial charge in [0.05, 0.1) is 13.2 Å². The largest absolute Gasteiger partial charge is 0.467 e. The summed E-state index contributed by atoms with van der Waals surface area (Å²) in [5, 5.41) is 0. The Bertz CT molecular complexity index is 388. The van der Waals surface area contributed by atoms with Crippen LogP contribution in [0, 0.1) is 0 Å². The first-order valence-electron chi connectivity index (χ1n) is 5.86. The molecule has 1 saturated heterocycles. The van der Waals surface area contributed by atoms with Gasteiger partial charge in [-0.1, -0.05) is 12.2 Å². The summed E-state index contributed by atoms with van der Waals surface area (Å²) in [4.78, 5) is 25.7. The number of allylic oxidation sites excluding steroid dienone is 1. The van der Waals surface area contributed by atoms with Gasteiger partial charge in [0, 0.05) is 6.42 Å². The molecule has 2 aliphatic rings. The van der Waals surface area contributed by atoms with E-state index in [1.54, 1.807) is 11.0 Å². The van der Waals surface area contributed by atoms with Crippen molar-refractivity contribution < 1.29 is 14.3 Å². The zero-order chi connectivity index (χ0) is 12.5. The van der Waals surface area contributed by atoms with Gasteiger partial charge in [-0.2, -0.15) is 0 Å². The standard InChI is InChI=1S/C13H17NO3/c1-3-4-5-11(15)14-10-6-8-13(14,9-7-10)12(16)17-2/h3,6,8,10H,1,4-5,7,9H2,2H3/t10-,13+/m0/s1. The third-order valence-electron chi connectivity index (χ3n) is 3.55. The molecule has 0 aliphatic carbocycles. The molecule has 4 nitrogen and oxygen atoms in total. The fourth-order valence-corrected chi connectivity index (χ4v) is 2.73. The van der Waals surface area contributed by atoms with Crippen molar-refractivity contribution in [3.8, 4) is 0 Å². The minimum absolute atomic E-state index is 0.00259. The Kier molecular flexibility index (Phi) is 3.05. The third kappa shape index (κ3) is 1.68. The fraction of sp³-hybridized carbons (Fsp3) is 0.538. The Morgan fingerprint density at radius 2 is 2.41 bits per heavy atom. The molecule has 0 spiro atoms. The van der Waals surface area contributed by atoms with Gasteiger partial charge in [-0.05, 0) is 25.3 Å². The highest BCUT2D eigenvalue weighted by Gasteiger charge is 2.55. The monoisotopic (exact) mass is 235 g/mol. The lowest BCUT2D eigenvalue weighted by atomic mass is 9.93. The first-order valence-corrected chi connectivity index (χ1v) is 5.86. The molecule has 0 saturated carbocycles. The zero-order valence-electron chi connectivity index (χ0n) is 10.0. The van der Waals surface area contributed by atoms with E-state index in [2.05, 4.69) is 6.58 Å². The van der Waals surface area contributed by atoms with E-state index in [9.17, 15) is 9.59 Å². The Morgan fingerprint density at radius 3 is 2.94 bits per heavy atom. The number of methoxy groups -OCH3 is 1. The molecule has 1 amide bonds. The lowest BCUT2D eigenvalue weighted by Gasteiger charge is -2.31. The smallest absolute Gasteiger partial charge is 0.335 e. The maximum Gasteiger partial charge on any atom is 0.335 e. The van der Waals surface area contributed by atoms with E-state index in [0.717, 1.165) is 6.42 Å². The predicted octanol–water partition coefficient (Wildman–Crippen LogP) is 1.43. The number of rotatable bonds is 4. The average Bonchev–Trinajstić information content (AvgIpc) is 2.91. The normalized spacial score (nSPS) is 29.5. The van der Waals surface area contributed by atoms with Crippen LogP contribution in [0.4, 0.5) is 0 Å². The molecule has 4 heteroatoms. The Morgan fingerprint density at radius 1 is 1.65 bits per heavy atom. The van der Waals surface area contributed by atoms with Crippen molar-refractivity contribution in [1.82, 2.24) is 4.90 Å². The van der Waals surface area contributed by atoms with Gasteiger partial charge in [-0.3, -0.25) is 4.79 Å². The molecular weight excluding hydrogens is 218 g/mol. The van der Waals surface area contributed by atoms with Gasteiger partial charge in [0.1, 0.15) is 0 Å². The second kappa shape index (κ2) is 4.35. The van der Waals surface area contributed by atoms with Gasteiger partial charge in [0.2, 0.25) is 5.91 Å². The number of hydrogen-bond donors (Lipinski definition) is 0. The van der Waals surface area contributed by atoms with Crippen molar-refractivity contribution in [3.63, 3.8) is 0 Å². The van der Waals surface area contributed by atoms with E-state index < -0.39 is 5.54 Å². The van der Waals surface area contributed by atoms with Crippen molar-refractivity contribution in [1.29, 1.82) is 0 Å². The fourth-order valence-electron chi connectivity index (χ4n) is 2.73. The van der Waals surface area contributed by atoms with Crippen LogP contribution in [0.15, 0.2) is 24.8 Å². The summed E-state index contributed by atoms with van der Waals surface area (Å²) in [5.74, 6) is -0.330. The number of esters is 1. The van der Waals surface area contributed by atoms with E-state index >= 15 is 0 Å². The van der Waals surface area contributed by atoms with Gasteiger partial charge in [0.15, 0.2) is 5.54 Å². The van der Waals surface area contributed by atoms with Crippen LogP contribution >= 0.6 is 0 Å². The molecule has 2 atom stereocenters. The number of amides is 1. The maximum absolute atomic E-state index is 12.1. The van der Waals surface area contributed by atoms with Crippen LogP contribution in [0.3, 0.4) is 0 Å². The van der Waals surface area contributed by atoms with Gasteiger partial charge in [0.25, 0.3) is 0 Å². The van der Waals surface area contributed by atoms with E-state index in [1.807, 2.05) is 12.2 Å². The van der Waals surface area contributed by atoms with E-state index in [0.29, 0.717) is 19.3 Å². The average molecular weight is 235 g/mol. The van der Waals surface area contributed by atoms with Crippen LogP contribution < -0.4 is 0 Å². The summed E-state index contributed by atoms with van der Waals surface area (Å²) < 4.78 is 4.84. The van der Waals surface area contributed by atoms with Gasteiger partial charge in [-0.15, -0.1) is 6.58 Å². The first-order chi connectivity index (χ1) is 8.15. The Balaban J connectivity index is 2.20. The number of nitrogens with zero attached hydrogens (tertiary/aromatic N) is 1. The number of carbonyl (C=O) groups is 2. The van der Waals surface area contributed by atoms with Crippen molar-refractivity contribution in [2.75, 3.05) is 7.11 Å². The van der Waals surface area contributed by atoms with Crippen LogP contribution in [0.2, 0.25) is 0 Å². The highest BCUT2D eigenvalue weighted by molar-refractivity contribution is 5.92. The van der Waals surface area contributed by atoms with Crippen LogP contribution in [0.25, 0.3) is 0 Å². The molecule has 0 aromatic heterocycles. The van der Waals surface area contributed by atoms with Crippen LogP contribution in [0.5, 0.6) is 0 Å².